The molecule has 1 heterocycles. The molecule has 0 unspecified atom stereocenters. The molecule has 0 spiro atoms. The summed E-state index contributed by atoms with van der Waals surface area (Å²) in [5.74, 6) is 0.250. The van der Waals surface area contributed by atoms with Crippen LogP contribution in [0, 0.1) is 0 Å². The fourth-order valence-corrected chi connectivity index (χ4v) is 2.63. The van der Waals surface area contributed by atoms with Crippen molar-refractivity contribution in [1.82, 2.24) is 4.98 Å². The monoisotopic (exact) mass is 305 g/mol. The van der Waals surface area contributed by atoms with E-state index in [1.807, 2.05) is 5.38 Å². The van der Waals surface area contributed by atoms with Gasteiger partial charge in [-0.1, -0.05) is 20.8 Å². The number of ether oxygens (including phenoxy) is 1. The van der Waals surface area contributed by atoms with Gasteiger partial charge in [0, 0.05) is 16.4 Å². The fraction of sp³-hybridized carbons (Fsp3) is 0.333. The number of nitrogen functional groups attached to an aromatic ring is 1. The molecular weight excluding hydrogens is 286 g/mol. The predicted molar refractivity (Wildman–Crippen MR) is 86.2 cm³/mol. The lowest BCUT2D eigenvalue weighted by atomic mass is 9.93. The highest BCUT2D eigenvalue weighted by Crippen LogP contribution is 2.27. The number of nitrogens with one attached hydrogen (secondary N) is 1. The molecule has 112 valence electrons. The first-order chi connectivity index (χ1) is 9.81. The maximum atomic E-state index is 12.2. The number of nitrogens with two attached hydrogens (primary N) is 1. The largest absolute Gasteiger partial charge is 0.495 e. The second-order valence-corrected chi connectivity index (χ2v) is 6.56. The normalized spacial score (nSPS) is 11.2. The second kappa shape index (κ2) is 5.73. The van der Waals surface area contributed by atoms with E-state index in [0.29, 0.717) is 22.1 Å². The van der Waals surface area contributed by atoms with Gasteiger partial charge in [-0.05, 0) is 18.2 Å². The minimum atomic E-state index is -0.233. The Bertz CT molecular complexity index is 659. The fourth-order valence-electron chi connectivity index (χ4n) is 1.70. The number of carbonyl (C=O) groups excluding carboxylic acids is 1. The molecule has 0 aliphatic carbocycles. The Labute approximate surface area is 128 Å². The van der Waals surface area contributed by atoms with E-state index in [4.69, 9.17) is 10.5 Å². The average Bonchev–Trinajstić information content (AvgIpc) is 2.87. The topological polar surface area (TPSA) is 77.2 Å². The van der Waals surface area contributed by atoms with Crippen molar-refractivity contribution in [3.05, 3.63) is 34.8 Å². The number of benzene rings is 1. The molecule has 0 bridgehead atoms. The van der Waals surface area contributed by atoms with Crippen molar-refractivity contribution >= 4 is 28.1 Å². The molecule has 0 atom stereocenters. The van der Waals surface area contributed by atoms with Crippen LogP contribution in [0.2, 0.25) is 0 Å². The molecule has 0 aliphatic rings. The van der Waals surface area contributed by atoms with E-state index in [-0.39, 0.29) is 11.3 Å². The molecule has 0 aliphatic heterocycles. The van der Waals surface area contributed by atoms with Gasteiger partial charge in [-0.2, -0.15) is 0 Å². The predicted octanol–water partition coefficient (Wildman–Crippen LogP) is 3.28. The van der Waals surface area contributed by atoms with Gasteiger partial charge in [0.05, 0.1) is 18.5 Å². The highest BCUT2D eigenvalue weighted by Gasteiger charge is 2.18. The van der Waals surface area contributed by atoms with Crippen LogP contribution in [0.25, 0.3) is 0 Å². The quantitative estimate of drug-likeness (QED) is 0.853. The van der Waals surface area contributed by atoms with Crippen LogP contribution in [0.15, 0.2) is 23.6 Å². The zero-order chi connectivity index (χ0) is 15.6. The molecule has 0 saturated heterocycles. The molecule has 0 saturated carbocycles. The summed E-state index contributed by atoms with van der Waals surface area (Å²) in [5, 5.41) is 5.34. The average molecular weight is 305 g/mol. The van der Waals surface area contributed by atoms with Gasteiger partial charge in [-0.15, -0.1) is 11.3 Å². The maximum absolute atomic E-state index is 12.2. The number of anilines is 2. The van der Waals surface area contributed by atoms with Crippen LogP contribution >= 0.6 is 11.3 Å². The third-order valence-electron chi connectivity index (χ3n) is 2.99. The summed E-state index contributed by atoms with van der Waals surface area (Å²) in [7, 11) is 1.52. The number of methoxy groups -OCH3 is 1. The summed E-state index contributed by atoms with van der Waals surface area (Å²) >= 11 is 1.41. The van der Waals surface area contributed by atoms with Crippen LogP contribution in [-0.4, -0.2) is 18.0 Å². The van der Waals surface area contributed by atoms with E-state index in [2.05, 4.69) is 31.1 Å². The molecule has 5 nitrogen and oxygen atoms in total. The number of thiazole rings is 1. The molecular formula is C15H19N3O2S. The molecule has 2 aromatic rings. The Morgan fingerprint density at radius 3 is 2.67 bits per heavy atom. The number of hydrogen-bond donors (Lipinski definition) is 2. The van der Waals surface area contributed by atoms with Gasteiger partial charge in [-0.25, -0.2) is 4.98 Å². The third kappa shape index (κ3) is 3.52. The molecule has 2 rings (SSSR count). The van der Waals surface area contributed by atoms with E-state index >= 15 is 0 Å². The van der Waals surface area contributed by atoms with E-state index in [0.717, 1.165) is 5.69 Å². The first-order valence-corrected chi connectivity index (χ1v) is 7.40. The summed E-state index contributed by atoms with van der Waals surface area (Å²) < 4.78 is 5.12. The Hall–Kier alpha value is -2.08. The first kappa shape index (κ1) is 15.3. The summed E-state index contributed by atoms with van der Waals surface area (Å²) in [5.41, 5.74) is 7.63. The molecule has 6 heteroatoms. The number of rotatable bonds is 3. The smallest absolute Gasteiger partial charge is 0.257 e. The Kier molecular flexibility index (Phi) is 4.18. The molecule has 1 amide bonds. The lowest BCUT2D eigenvalue weighted by molar-refractivity contribution is 0.102. The highest BCUT2D eigenvalue weighted by molar-refractivity contribution is 7.14. The Morgan fingerprint density at radius 2 is 2.10 bits per heavy atom. The van der Waals surface area contributed by atoms with E-state index in [1.54, 1.807) is 18.2 Å². The van der Waals surface area contributed by atoms with E-state index in [9.17, 15) is 4.79 Å². The number of hydrogen-bond acceptors (Lipinski definition) is 5. The molecule has 0 radical (unpaired) electrons. The standard InChI is InChI=1S/C15H19N3O2S/c1-15(2,3)12-8-21-14(17-12)18-13(19)9-5-6-10(16)11(7-9)20-4/h5-8H,16H2,1-4H3,(H,17,18,19). The minimum absolute atomic E-state index is 0.0378. The van der Waals surface area contributed by atoms with Crippen molar-refractivity contribution in [2.75, 3.05) is 18.2 Å². The van der Waals surface area contributed by atoms with Crippen molar-refractivity contribution in [2.45, 2.75) is 26.2 Å². The van der Waals surface area contributed by atoms with Gasteiger partial charge in [0.15, 0.2) is 5.13 Å². The second-order valence-electron chi connectivity index (χ2n) is 5.70. The summed E-state index contributed by atoms with van der Waals surface area (Å²) in [6.07, 6.45) is 0. The van der Waals surface area contributed by atoms with E-state index in [1.165, 1.54) is 18.4 Å². The van der Waals surface area contributed by atoms with Gasteiger partial charge < -0.3 is 10.5 Å². The molecule has 1 aromatic heterocycles. The van der Waals surface area contributed by atoms with Gasteiger partial charge in [0.25, 0.3) is 5.91 Å². The zero-order valence-electron chi connectivity index (χ0n) is 12.6. The molecule has 21 heavy (non-hydrogen) atoms. The number of carbonyl (C=O) groups is 1. The van der Waals surface area contributed by atoms with Crippen molar-refractivity contribution in [3.63, 3.8) is 0 Å². The maximum Gasteiger partial charge on any atom is 0.257 e. The first-order valence-electron chi connectivity index (χ1n) is 6.52. The van der Waals surface area contributed by atoms with Crippen molar-refractivity contribution < 1.29 is 9.53 Å². The van der Waals surface area contributed by atoms with Crippen LogP contribution in [0.4, 0.5) is 10.8 Å². The Balaban J connectivity index is 2.16. The van der Waals surface area contributed by atoms with Gasteiger partial charge in [0.1, 0.15) is 5.75 Å². The zero-order valence-corrected chi connectivity index (χ0v) is 13.4. The van der Waals surface area contributed by atoms with Gasteiger partial charge >= 0.3 is 0 Å². The van der Waals surface area contributed by atoms with Crippen molar-refractivity contribution in [3.8, 4) is 5.75 Å². The van der Waals surface area contributed by atoms with Gasteiger partial charge in [0.2, 0.25) is 0 Å². The van der Waals surface area contributed by atoms with Crippen LogP contribution in [-0.2, 0) is 5.41 Å². The molecule has 0 fully saturated rings. The third-order valence-corrected chi connectivity index (χ3v) is 3.75. The van der Waals surface area contributed by atoms with E-state index < -0.39 is 0 Å². The van der Waals surface area contributed by atoms with Crippen LogP contribution < -0.4 is 15.8 Å². The van der Waals surface area contributed by atoms with Gasteiger partial charge in [-0.3, -0.25) is 10.1 Å². The lowest BCUT2D eigenvalue weighted by Gasteiger charge is -2.14. The Morgan fingerprint density at radius 1 is 1.38 bits per heavy atom. The minimum Gasteiger partial charge on any atom is -0.495 e. The van der Waals surface area contributed by atoms with Crippen molar-refractivity contribution in [1.29, 1.82) is 0 Å². The number of amides is 1. The van der Waals surface area contributed by atoms with Crippen LogP contribution in [0.1, 0.15) is 36.8 Å². The van der Waals surface area contributed by atoms with Crippen molar-refractivity contribution in [2.24, 2.45) is 0 Å². The molecule has 3 N–H and O–H groups in total. The summed E-state index contributed by atoms with van der Waals surface area (Å²) in [6.45, 7) is 6.25. The van der Waals surface area contributed by atoms with Crippen LogP contribution in [0.3, 0.4) is 0 Å². The summed E-state index contributed by atoms with van der Waals surface area (Å²) in [6, 6.07) is 4.92. The molecule has 1 aromatic carbocycles. The number of aromatic nitrogens is 1. The van der Waals surface area contributed by atoms with Crippen LogP contribution in [0.5, 0.6) is 5.75 Å². The number of nitrogens with zero attached hydrogens (tertiary/aromatic N) is 1. The summed E-state index contributed by atoms with van der Waals surface area (Å²) in [4.78, 5) is 16.6. The highest BCUT2D eigenvalue weighted by atomic mass is 32.1. The SMILES string of the molecule is COc1cc(C(=O)Nc2nc(C(C)(C)C)cs2)ccc1N. The lowest BCUT2D eigenvalue weighted by Crippen LogP contribution is -2.14.